The smallest absolute Gasteiger partial charge is 0.191 e. The average molecular weight is 398 g/mol. The molecular weight excluding hydrogens is 371 g/mol. The van der Waals surface area contributed by atoms with Crippen LogP contribution in [0.25, 0.3) is 0 Å². The van der Waals surface area contributed by atoms with Gasteiger partial charge < -0.3 is 20.1 Å². The van der Waals surface area contributed by atoms with Gasteiger partial charge in [0.15, 0.2) is 17.5 Å². The normalized spacial score (nSPS) is 10.9. The minimum absolute atomic E-state index is 0.273. The number of hydrogen-bond donors (Lipinski definition) is 2. The molecule has 0 aliphatic carbocycles. The van der Waals surface area contributed by atoms with Crippen LogP contribution in [-0.4, -0.2) is 32.8 Å². The van der Waals surface area contributed by atoms with Crippen LogP contribution >= 0.6 is 0 Å². The molecule has 0 aliphatic heterocycles. The van der Waals surface area contributed by atoms with E-state index in [9.17, 15) is 4.39 Å². The Morgan fingerprint density at radius 2 is 1.83 bits per heavy atom. The van der Waals surface area contributed by atoms with Crippen molar-refractivity contribution in [2.75, 3.05) is 26.8 Å². The highest BCUT2D eigenvalue weighted by molar-refractivity contribution is 5.79. The summed E-state index contributed by atoms with van der Waals surface area (Å²) in [6, 6.07) is 12.3. The van der Waals surface area contributed by atoms with Gasteiger partial charge in [0.25, 0.3) is 0 Å². The summed E-state index contributed by atoms with van der Waals surface area (Å²) in [6.45, 7) is 5.96. The molecule has 7 heteroatoms. The highest BCUT2D eigenvalue weighted by atomic mass is 19.1. The van der Waals surface area contributed by atoms with Crippen molar-refractivity contribution < 1.29 is 13.9 Å². The van der Waals surface area contributed by atoms with Gasteiger partial charge in [0.05, 0.1) is 24.8 Å². The Morgan fingerprint density at radius 1 is 1.07 bits per heavy atom. The number of ether oxygens (including phenoxy) is 2. The lowest BCUT2D eigenvalue weighted by atomic mass is 10.1. The standard InChI is InChI=1S/C22H27FN4O2/c1-4-28-20-9-7-16(13-21(20)29-5-2)10-11-26-22(25-3)27-15-18-8-6-17(14-24)12-19(18)23/h6-9,12-13H,4-5,10-11,15H2,1-3H3,(H2,25,26,27). The number of nitriles is 1. The van der Waals surface area contributed by atoms with E-state index in [0.29, 0.717) is 36.8 Å². The van der Waals surface area contributed by atoms with Gasteiger partial charge in [-0.1, -0.05) is 12.1 Å². The molecule has 29 heavy (non-hydrogen) atoms. The maximum atomic E-state index is 14.0. The molecule has 0 amide bonds. The molecule has 2 N–H and O–H groups in total. The van der Waals surface area contributed by atoms with Crippen LogP contribution in [0.2, 0.25) is 0 Å². The quantitative estimate of drug-likeness (QED) is 0.500. The molecule has 0 saturated carbocycles. The van der Waals surface area contributed by atoms with Gasteiger partial charge in [0, 0.05) is 25.7 Å². The number of nitrogens with one attached hydrogen (secondary N) is 2. The Bertz CT molecular complexity index is 878. The maximum Gasteiger partial charge on any atom is 0.191 e. The predicted octanol–water partition coefficient (Wildman–Crippen LogP) is 3.40. The van der Waals surface area contributed by atoms with E-state index >= 15 is 0 Å². The molecule has 0 radical (unpaired) electrons. The summed E-state index contributed by atoms with van der Waals surface area (Å²) < 4.78 is 25.2. The lowest BCUT2D eigenvalue weighted by Gasteiger charge is -2.14. The van der Waals surface area contributed by atoms with Crippen molar-refractivity contribution in [2.24, 2.45) is 4.99 Å². The van der Waals surface area contributed by atoms with Crippen LogP contribution in [0.1, 0.15) is 30.5 Å². The lowest BCUT2D eigenvalue weighted by Crippen LogP contribution is -2.38. The van der Waals surface area contributed by atoms with Crippen molar-refractivity contribution in [3.05, 3.63) is 58.9 Å². The zero-order valence-corrected chi connectivity index (χ0v) is 17.1. The molecule has 2 aromatic rings. The average Bonchev–Trinajstić information content (AvgIpc) is 2.73. The second kappa shape index (κ2) is 11.5. The molecule has 2 aromatic carbocycles. The van der Waals surface area contributed by atoms with E-state index in [0.717, 1.165) is 23.5 Å². The van der Waals surface area contributed by atoms with Crippen molar-refractivity contribution >= 4 is 5.96 Å². The molecule has 0 bridgehead atoms. The first-order valence-electron chi connectivity index (χ1n) is 9.62. The maximum absolute atomic E-state index is 14.0. The Kier molecular flexibility index (Phi) is 8.77. The van der Waals surface area contributed by atoms with Gasteiger partial charge >= 0.3 is 0 Å². The number of rotatable bonds is 9. The van der Waals surface area contributed by atoms with E-state index in [1.54, 1.807) is 19.2 Å². The molecule has 154 valence electrons. The summed E-state index contributed by atoms with van der Waals surface area (Å²) in [5.41, 5.74) is 1.88. The number of aliphatic imine (C=N–C) groups is 1. The fourth-order valence-electron chi connectivity index (χ4n) is 2.74. The molecule has 0 unspecified atom stereocenters. The van der Waals surface area contributed by atoms with Gasteiger partial charge in [0.2, 0.25) is 0 Å². The van der Waals surface area contributed by atoms with Gasteiger partial charge in [0.1, 0.15) is 5.82 Å². The first-order valence-corrected chi connectivity index (χ1v) is 9.62. The Hall–Kier alpha value is -3.27. The second-order valence-corrected chi connectivity index (χ2v) is 6.17. The lowest BCUT2D eigenvalue weighted by molar-refractivity contribution is 0.287. The van der Waals surface area contributed by atoms with Crippen LogP contribution in [-0.2, 0) is 13.0 Å². The molecule has 6 nitrogen and oxygen atoms in total. The van der Waals surface area contributed by atoms with Crippen LogP contribution in [0, 0.1) is 17.1 Å². The topological polar surface area (TPSA) is 78.7 Å². The second-order valence-electron chi connectivity index (χ2n) is 6.17. The van der Waals surface area contributed by atoms with Gasteiger partial charge in [-0.05, 0) is 50.1 Å². The van der Waals surface area contributed by atoms with Gasteiger partial charge in [-0.3, -0.25) is 4.99 Å². The molecule has 0 heterocycles. The van der Waals surface area contributed by atoms with Crippen LogP contribution in [0.3, 0.4) is 0 Å². The summed E-state index contributed by atoms with van der Waals surface area (Å²) in [4.78, 5) is 4.16. The fourth-order valence-corrected chi connectivity index (χ4v) is 2.74. The van der Waals surface area contributed by atoms with E-state index in [-0.39, 0.29) is 6.54 Å². The Balaban J connectivity index is 1.88. The monoisotopic (exact) mass is 398 g/mol. The molecule has 0 aromatic heterocycles. The third-order valence-corrected chi connectivity index (χ3v) is 4.17. The van der Waals surface area contributed by atoms with Crippen molar-refractivity contribution in [3.63, 3.8) is 0 Å². The van der Waals surface area contributed by atoms with E-state index in [1.165, 1.54) is 6.07 Å². The summed E-state index contributed by atoms with van der Waals surface area (Å²) in [7, 11) is 1.66. The zero-order valence-electron chi connectivity index (χ0n) is 17.1. The molecule has 0 aliphatic rings. The van der Waals surface area contributed by atoms with Crippen molar-refractivity contribution in [1.29, 1.82) is 5.26 Å². The van der Waals surface area contributed by atoms with Crippen molar-refractivity contribution in [1.82, 2.24) is 10.6 Å². The van der Waals surface area contributed by atoms with Crippen LogP contribution in [0.15, 0.2) is 41.4 Å². The third-order valence-electron chi connectivity index (χ3n) is 4.17. The van der Waals surface area contributed by atoms with Crippen LogP contribution < -0.4 is 20.1 Å². The number of halogens is 1. The zero-order chi connectivity index (χ0) is 21.1. The Labute approximate surface area is 171 Å². The summed E-state index contributed by atoms with van der Waals surface area (Å²) in [5, 5.41) is 15.1. The van der Waals surface area contributed by atoms with Gasteiger partial charge in [-0.25, -0.2) is 4.39 Å². The molecule has 0 fully saturated rings. The van der Waals surface area contributed by atoms with E-state index < -0.39 is 5.82 Å². The van der Waals surface area contributed by atoms with Crippen molar-refractivity contribution in [3.8, 4) is 17.6 Å². The summed E-state index contributed by atoms with van der Waals surface area (Å²) in [5.74, 6) is 1.65. The van der Waals surface area contributed by atoms with Crippen LogP contribution in [0.5, 0.6) is 11.5 Å². The van der Waals surface area contributed by atoms with Gasteiger partial charge in [-0.15, -0.1) is 0 Å². The largest absolute Gasteiger partial charge is 0.490 e. The molecule has 0 atom stereocenters. The molecule has 0 saturated heterocycles. The van der Waals surface area contributed by atoms with Crippen LogP contribution in [0.4, 0.5) is 4.39 Å². The highest BCUT2D eigenvalue weighted by Crippen LogP contribution is 2.28. The number of benzene rings is 2. The van der Waals surface area contributed by atoms with E-state index in [2.05, 4.69) is 15.6 Å². The highest BCUT2D eigenvalue weighted by Gasteiger charge is 2.07. The first kappa shape index (κ1) is 22.0. The van der Waals surface area contributed by atoms with E-state index in [4.69, 9.17) is 14.7 Å². The Morgan fingerprint density at radius 3 is 2.48 bits per heavy atom. The SMILES string of the molecule is CCOc1ccc(CCNC(=NC)NCc2ccc(C#N)cc2F)cc1OCC. The fraction of sp³-hybridized carbons (Fsp3) is 0.364. The first-order chi connectivity index (χ1) is 14.1. The van der Waals surface area contributed by atoms with Crippen molar-refractivity contribution in [2.45, 2.75) is 26.8 Å². The third kappa shape index (κ3) is 6.68. The number of guanidine groups is 1. The molecule has 2 rings (SSSR count). The number of nitrogens with zero attached hydrogens (tertiary/aromatic N) is 2. The van der Waals surface area contributed by atoms with Gasteiger partial charge in [-0.2, -0.15) is 5.26 Å². The number of hydrogen-bond acceptors (Lipinski definition) is 4. The minimum atomic E-state index is -0.412. The van der Waals surface area contributed by atoms with E-state index in [1.807, 2.05) is 38.1 Å². The predicted molar refractivity (Wildman–Crippen MR) is 112 cm³/mol. The molecule has 0 spiro atoms. The minimum Gasteiger partial charge on any atom is -0.490 e. The summed E-state index contributed by atoms with van der Waals surface area (Å²) in [6.07, 6.45) is 0.762. The summed E-state index contributed by atoms with van der Waals surface area (Å²) >= 11 is 0. The molecular formula is C22H27FN4O2.